The molecular formula is C16H27ClN2O. The minimum absolute atomic E-state index is 0.181. The van der Waals surface area contributed by atoms with Crippen LogP contribution in [0.25, 0.3) is 0 Å². The summed E-state index contributed by atoms with van der Waals surface area (Å²) in [5.41, 5.74) is 2.06. The van der Waals surface area contributed by atoms with E-state index < -0.39 is 0 Å². The molecule has 1 aliphatic carbocycles. The fourth-order valence-electron chi connectivity index (χ4n) is 3.52. The number of hydrogen-bond acceptors (Lipinski definition) is 2. The Morgan fingerprint density at radius 2 is 2.10 bits per heavy atom. The molecule has 3 atom stereocenters. The molecule has 1 aromatic heterocycles. The van der Waals surface area contributed by atoms with Crippen molar-refractivity contribution in [1.82, 2.24) is 9.78 Å². The summed E-state index contributed by atoms with van der Waals surface area (Å²) in [4.78, 5) is 0. The third-order valence-electron chi connectivity index (χ3n) is 4.71. The summed E-state index contributed by atoms with van der Waals surface area (Å²) in [7, 11) is 1.96. The normalized spacial score (nSPS) is 26.9. The van der Waals surface area contributed by atoms with Crippen molar-refractivity contribution >= 4 is 11.6 Å². The van der Waals surface area contributed by atoms with E-state index in [0.29, 0.717) is 5.92 Å². The second-order valence-corrected chi connectivity index (χ2v) is 6.56. The number of rotatable bonds is 5. The Labute approximate surface area is 127 Å². The van der Waals surface area contributed by atoms with Crippen LogP contribution in [0.2, 0.25) is 5.02 Å². The predicted octanol–water partition coefficient (Wildman–Crippen LogP) is 3.76. The van der Waals surface area contributed by atoms with Crippen LogP contribution in [0.5, 0.6) is 0 Å². The van der Waals surface area contributed by atoms with Crippen molar-refractivity contribution in [3.05, 3.63) is 16.4 Å². The van der Waals surface area contributed by atoms with E-state index >= 15 is 0 Å². The van der Waals surface area contributed by atoms with Crippen LogP contribution in [-0.2, 0) is 19.9 Å². The maximum Gasteiger partial charge on any atom is 0.0849 e. The number of halogens is 1. The number of aryl methyl sites for hydroxylation is 2. The average molecular weight is 299 g/mol. The van der Waals surface area contributed by atoms with E-state index in [1.165, 1.54) is 19.3 Å². The van der Waals surface area contributed by atoms with Gasteiger partial charge in [-0.3, -0.25) is 4.68 Å². The summed E-state index contributed by atoms with van der Waals surface area (Å²) in [5.74, 6) is 1.10. The van der Waals surface area contributed by atoms with E-state index in [1.807, 2.05) is 11.7 Å². The van der Waals surface area contributed by atoms with E-state index in [0.717, 1.165) is 48.0 Å². The van der Waals surface area contributed by atoms with Gasteiger partial charge in [0, 0.05) is 7.05 Å². The zero-order valence-electron chi connectivity index (χ0n) is 12.9. The maximum atomic E-state index is 10.3. The van der Waals surface area contributed by atoms with Gasteiger partial charge in [0.1, 0.15) is 0 Å². The number of hydrogen-bond donors (Lipinski definition) is 1. The van der Waals surface area contributed by atoms with Crippen LogP contribution in [0.1, 0.15) is 57.3 Å². The number of nitrogens with zero attached hydrogens (tertiary/aromatic N) is 2. The maximum absolute atomic E-state index is 10.3. The lowest BCUT2D eigenvalue weighted by Gasteiger charge is -2.33. The topological polar surface area (TPSA) is 38.1 Å². The van der Waals surface area contributed by atoms with Crippen LogP contribution < -0.4 is 0 Å². The third-order valence-corrected chi connectivity index (χ3v) is 5.14. The Bertz CT molecular complexity index is 444. The summed E-state index contributed by atoms with van der Waals surface area (Å²) < 4.78 is 1.90. The zero-order valence-corrected chi connectivity index (χ0v) is 13.7. The summed E-state index contributed by atoms with van der Waals surface area (Å²) >= 11 is 6.43. The lowest BCUT2D eigenvalue weighted by molar-refractivity contribution is 0.0454. The van der Waals surface area contributed by atoms with Gasteiger partial charge in [-0.1, -0.05) is 38.3 Å². The van der Waals surface area contributed by atoms with Crippen molar-refractivity contribution < 1.29 is 5.11 Å². The fourth-order valence-corrected chi connectivity index (χ4v) is 3.90. The quantitative estimate of drug-likeness (QED) is 0.899. The van der Waals surface area contributed by atoms with Crippen LogP contribution in [0.3, 0.4) is 0 Å². The highest BCUT2D eigenvalue weighted by atomic mass is 35.5. The van der Waals surface area contributed by atoms with Gasteiger partial charge in [-0.05, 0) is 43.9 Å². The first kappa shape index (κ1) is 15.8. The molecule has 1 saturated carbocycles. The molecule has 1 heterocycles. The molecule has 1 aliphatic rings. The molecule has 0 radical (unpaired) electrons. The van der Waals surface area contributed by atoms with E-state index in [2.05, 4.69) is 18.9 Å². The molecule has 0 aromatic carbocycles. The Hall–Kier alpha value is -0.540. The molecule has 2 rings (SSSR count). The molecule has 3 nitrogen and oxygen atoms in total. The standard InChI is InChI=1S/C16H27ClN2O/c1-4-6-11-7-8-15(20)12(9-11)10-14-16(17)13(5-2)18-19(14)3/h11-12,15,20H,4-10H2,1-3H3. The van der Waals surface area contributed by atoms with Gasteiger partial charge in [-0.15, -0.1) is 0 Å². The van der Waals surface area contributed by atoms with Gasteiger partial charge in [0.25, 0.3) is 0 Å². The molecule has 1 fully saturated rings. The van der Waals surface area contributed by atoms with Gasteiger partial charge in [0.2, 0.25) is 0 Å². The van der Waals surface area contributed by atoms with Crippen molar-refractivity contribution in [2.75, 3.05) is 0 Å². The molecule has 1 aromatic rings. The van der Waals surface area contributed by atoms with Gasteiger partial charge in [-0.25, -0.2) is 0 Å². The zero-order chi connectivity index (χ0) is 14.7. The fraction of sp³-hybridized carbons (Fsp3) is 0.812. The monoisotopic (exact) mass is 298 g/mol. The van der Waals surface area contributed by atoms with Crippen molar-refractivity contribution in [3.63, 3.8) is 0 Å². The Balaban J connectivity index is 2.09. The second kappa shape index (κ2) is 6.95. The van der Waals surface area contributed by atoms with E-state index in [4.69, 9.17) is 11.6 Å². The van der Waals surface area contributed by atoms with Gasteiger partial charge >= 0.3 is 0 Å². The second-order valence-electron chi connectivity index (χ2n) is 6.18. The molecule has 3 unspecified atom stereocenters. The molecule has 0 amide bonds. The highest BCUT2D eigenvalue weighted by Crippen LogP contribution is 2.35. The number of aliphatic hydroxyl groups is 1. The molecule has 0 spiro atoms. The van der Waals surface area contributed by atoms with Crippen LogP contribution in [-0.4, -0.2) is 21.0 Å². The largest absolute Gasteiger partial charge is 0.393 e. The Morgan fingerprint density at radius 3 is 2.70 bits per heavy atom. The first-order valence-corrected chi connectivity index (χ1v) is 8.32. The summed E-state index contributed by atoms with van der Waals surface area (Å²) in [6, 6.07) is 0. The number of aliphatic hydroxyl groups excluding tert-OH is 1. The molecule has 4 heteroatoms. The Morgan fingerprint density at radius 1 is 1.35 bits per heavy atom. The van der Waals surface area contributed by atoms with Crippen molar-refractivity contribution in [2.24, 2.45) is 18.9 Å². The van der Waals surface area contributed by atoms with Crippen LogP contribution in [0.4, 0.5) is 0 Å². The molecular weight excluding hydrogens is 272 g/mol. The molecule has 20 heavy (non-hydrogen) atoms. The van der Waals surface area contributed by atoms with Crippen molar-refractivity contribution in [2.45, 2.75) is 64.9 Å². The van der Waals surface area contributed by atoms with E-state index in [9.17, 15) is 5.11 Å². The molecule has 0 bridgehead atoms. The smallest absolute Gasteiger partial charge is 0.0849 e. The third kappa shape index (κ3) is 3.37. The molecule has 1 N–H and O–H groups in total. The highest BCUT2D eigenvalue weighted by molar-refractivity contribution is 6.31. The van der Waals surface area contributed by atoms with Crippen LogP contribution in [0, 0.1) is 11.8 Å². The minimum atomic E-state index is -0.181. The SMILES string of the molecule is CCCC1CCC(O)C(Cc2c(Cl)c(CC)nn2C)C1. The lowest BCUT2D eigenvalue weighted by atomic mass is 9.76. The van der Waals surface area contributed by atoms with Crippen molar-refractivity contribution in [3.8, 4) is 0 Å². The first-order valence-electron chi connectivity index (χ1n) is 7.95. The van der Waals surface area contributed by atoms with Gasteiger partial charge in [-0.2, -0.15) is 5.10 Å². The van der Waals surface area contributed by atoms with Crippen LogP contribution >= 0.6 is 11.6 Å². The van der Waals surface area contributed by atoms with Gasteiger partial charge in [0.05, 0.1) is 22.5 Å². The van der Waals surface area contributed by atoms with Crippen molar-refractivity contribution in [1.29, 1.82) is 0 Å². The minimum Gasteiger partial charge on any atom is -0.393 e. The van der Waals surface area contributed by atoms with E-state index in [1.54, 1.807) is 0 Å². The summed E-state index contributed by atoms with van der Waals surface area (Å²) in [5, 5.41) is 15.6. The van der Waals surface area contributed by atoms with Gasteiger partial charge in [0.15, 0.2) is 0 Å². The summed E-state index contributed by atoms with van der Waals surface area (Å²) in [6.07, 6.45) is 7.28. The average Bonchev–Trinajstić information content (AvgIpc) is 2.70. The predicted molar refractivity (Wildman–Crippen MR) is 83.0 cm³/mol. The Kier molecular flexibility index (Phi) is 5.50. The first-order chi connectivity index (χ1) is 9.56. The number of aromatic nitrogens is 2. The molecule has 0 aliphatic heterocycles. The summed E-state index contributed by atoms with van der Waals surface area (Å²) in [6.45, 7) is 4.32. The van der Waals surface area contributed by atoms with Crippen LogP contribution in [0.15, 0.2) is 0 Å². The lowest BCUT2D eigenvalue weighted by Crippen LogP contribution is -2.31. The molecule has 114 valence electrons. The van der Waals surface area contributed by atoms with E-state index in [-0.39, 0.29) is 6.10 Å². The van der Waals surface area contributed by atoms with Gasteiger partial charge < -0.3 is 5.11 Å². The molecule has 0 saturated heterocycles. The highest BCUT2D eigenvalue weighted by Gasteiger charge is 2.30.